The van der Waals surface area contributed by atoms with Crippen LogP contribution in [0.15, 0.2) is 24.5 Å². The Bertz CT molecular complexity index is 246. The van der Waals surface area contributed by atoms with E-state index >= 15 is 0 Å². The van der Waals surface area contributed by atoms with Gasteiger partial charge in [-0.15, -0.1) is 0 Å². The molecule has 3 heteroatoms. The fourth-order valence-corrected chi connectivity index (χ4v) is 0.870. The molecule has 0 radical (unpaired) electrons. The van der Waals surface area contributed by atoms with E-state index in [9.17, 15) is 5.11 Å². The first-order valence-corrected chi connectivity index (χ1v) is 4.72. The van der Waals surface area contributed by atoms with E-state index in [2.05, 4.69) is 0 Å². The molecule has 14 heavy (non-hydrogen) atoms. The summed E-state index contributed by atoms with van der Waals surface area (Å²) < 4.78 is 10.8. The summed E-state index contributed by atoms with van der Waals surface area (Å²) in [5, 5.41) is 9.85. The lowest BCUT2D eigenvalue weighted by Crippen LogP contribution is -2.49. The van der Waals surface area contributed by atoms with Crippen molar-refractivity contribution in [3.63, 3.8) is 0 Å². The van der Waals surface area contributed by atoms with Crippen molar-refractivity contribution in [1.82, 2.24) is 0 Å². The third-order valence-electron chi connectivity index (χ3n) is 2.55. The Morgan fingerprint density at radius 2 is 1.86 bits per heavy atom. The molecule has 0 spiro atoms. The highest BCUT2D eigenvalue weighted by Crippen LogP contribution is 2.27. The van der Waals surface area contributed by atoms with Crippen molar-refractivity contribution in [2.75, 3.05) is 0 Å². The number of allylic oxidation sites excluding steroid dienone is 2. The Labute approximate surface area is 85.0 Å². The minimum absolute atomic E-state index is 0.415. The van der Waals surface area contributed by atoms with Crippen LogP contribution in [0, 0.1) is 0 Å². The summed E-state index contributed by atoms with van der Waals surface area (Å²) in [4.78, 5) is 0. The van der Waals surface area contributed by atoms with Crippen molar-refractivity contribution in [3.8, 4) is 0 Å². The number of hydrogen-bond donors (Lipinski definition) is 1. The van der Waals surface area contributed by atoms with Crippen molar-refractivity contribution in [3.05, 3.63) is 24.5 Å². The van der Waals surface area contributed by atoms with Crippen LogP contribution in [-0.2, 0) is 9.47 Å². The second-order valence-electron chi connectivity index (χ2n) is 4.41. The Kier molecular flexibility index (Phi) is 3.02. The first-order chi connectivity index (χ1) is 6.33. The minimum Gasteiger partial charge on any atom is -0.469 e. The zero-order valence-corrected chi connectivity index (χ0v) is 9.15. The summed E-state index contributed by atoms with van der Waals surface area (Å²) in [6.45, 7) is 7.11. The molecule has 0 amide bonds. The molecular formula is C11H18O3. The number of ether oxygens (including phenoxy) is 2. The van der Waals surface area contributed by atoms with Crippen molar-refractivity contribution in [1.29, 1.82) is 0 Å². The topological polar surface area (TPSA) is 38.7 Å². The van der Waals surface area contributed by atoms with Gasteiger partial charge >= 0.3 is 0 Å². The van der Waals surface area contributed by atoms with Gasteiger partial charge in [0.2, 0.25) is 6.29 Å². The SMILES string of the molecule is CC(C)(O)C(C)(C)OC1C=CC=CO1. The van der Waals surface area contributed by atoms with Crippen molar-refractivity contribution in [2.24, 2.45) is 0 Å². The van der Waals surface area contributed by atoms with Gasteiger partial charge in [0.1, 0.15) is 0 Å². The Balaban J connectivity index is 2.59. The van der Waals surface area contributed by atoms with Crippen LogP contribution in [0.5, 0.6) is 0 Å². The molecule has 1 N–H and O–H groups in total. The lowest BCUT2D eigenvalue weighted by Gasteiger charge is -2.38. The first-order valence-electron chi connectivity index (χ1n) is 4.72. The largest absolute Gasteiger partial charge is 0.469 e. The summed E-state index contributed by atoms with van der Waals surface area (Å²) in [5.41, 5.74) is -1.57. The maximum absolute atomic E-state index is 9.85. The van der Waals surface area contributed by atoms with E-state index < -0.39 is 17.5 Å². The maximum atomic E-state index is 9.85. The van der Waals surface area contributed by atoms with E-state index in [0.717, 1.165) is 0 Å². The molecule has 0 fully saturated rings. The molecule has 1 aliphatic rings. The van der Waals surface area contributed by atoms with Crippen molar-refractivity contribution < 1.29 is 14.6 Å². The standard InChI is InChI=1S/C11H18O3/c1-10(2,12)11(3,4)14-9-7-5-6-8-13-9/h5-9,12H,1-4H3. The van der Waals surface area contributed by atoms with Crippen molar-refractivity contribution >= 4 is 0 Å². The summed E-state index contributed by atoms with van der Waals surface area (Å²) in [6.07, 6.45) is 6.60. The molecule has 1 atom stereocenters. The quantitative estimate of drug-likeness (QED) is 0.753. The molecule has 80 valence electrons. The monoisotopic (exact) mass is 198 g/mol. The van der Waals surface area contributed by atoms with Gasteiger partial charge in [0, 0.05) is 0 Å². The first kappa shape index (κ1) is 11.3. The molecule has 1 aliphatic heterocycles. The molecule has 0 aliphatic carbocycles. The molecule has 1 unspecified atom stereocenters. The molecule has 0 aromatic rings. The average Bonchev–Trinajstić information content (AvgIpc) is 2.03. The van der Waals surface area contributed by atoms with Crippen LogP contribution in [-0.4, -0.2) is 22.6 Å². The molecule has 1 rings (SSSR count). The van der Waals surface area contributed by atoms with Gasteiger partial charge in [0.15, 0.2) is 0 Å². The van der Waals surface area contributed by atoms with Crippen LogP contribution in [0.4, 0.5) is 0 Å². The van der Waals surface area contributed by atoms with E-state index in [4.69, 9.17) is 9.47 Å². The van der Waals surface area contributed by atoms with Crippen molar-refractivity contribution in [2.45, 2.75) is 45.2 Å². The predicted molar refractivity (Wildman–Crippen MR) is 54.6 cm³/mol. The number of hydrogen-bond acceptors (Lipinski definition) is 3. The van der Waals surface area contributed by atoms with E-state index in [1.807, 2.05) is 19.9 Å². The average molecular weight is 198 g/mol. The molecule has 0 saturated carbocycles. The summed E-state index contributed by atoms with van der Waals surface area (Å²) in [5.74, 6) is 0. The predicted octanol–water partition coefficient (Wildman–Crippen LogP) is 1.98. The van der Waals surface area contributed by atoms with Crippen LogP contribution < -0.4 is 0 Å². The fourth-order valence-electron chi connectivity index (χ4n) is 0.870. The van der Waals surface area contributed by atoms with Crippen LogP contribution >= 0.6 is 0 Å². The van der Waals surface area contributed by atoms with E-state index in [0.29, 0.717) is 0 Å². The van der Waals surface area contributed by atoms with Crippen LogP contribution in [0.1, 0.15) is 27.7 Å². The molecule has 0 aromatic heterocycles. The zero-order valence-electron chi connectivity index (χ0n) is 9.15. The second kappa shape index (κ2) is 3.75. The molecular weight excluding hydrogens is 180 g/mol. The van der Waals surface area contributed by atoms with E-state index in [-0.39, 0.29) is 0 Å². The summed E-state index contributed by atoms with van der Waals surface area (Å²) >= 11 is 0. The minimum atomic E-state index is -0.911. The van der Waals surface area contributed by atoms with Gasteiger partial charge in [-0.2, -0.15) is 0 Å². The molecule has 0 saturated heterocycles. The third kappa shape index (κ3) is 2.59. The smallest absolute Gasteiger partial charge is 0.219 e. The van der Waals surface area contributed by atoms with Gasteiger partial charge in [-0.25, -0.2) is 0 Å². The lowest BCUT2D eigenvalue weighted by molar-refractivity contribution is -0.215. The molecule has 0 aromatic carbocycles. The molecule has 1 heterocycles. The lowest BCUT2D eigenvalue weighted by atomic mass is 9.89. The second-order valence-corrected chi connectivity index (χ2v) is 4.41. The van der Waals surface area contributed by atoms with Crippen LogP contribution in [0.3, 0.4) is 0 Å². The Hall–Kier alpha value is -0.800. The highest BCUT2D eigenvalue weighted by molar-refractivity contribution is 5.06. The normalized spacial score (nSPS) is 22.2. The maximum Gasteiger partial charge on any atom is 0.219 e. The van der Waals surface area contributed by atoms with Gasteiger partial charge in [-0.3, -0.25) is 0 Å². The van der Waals surface area contributed by atoms with E-state index in [1.54, 1.807) is 32.3 Å². The van der Waals surface area contributed by atoms with Gasteiger partial charge in [-0.05, 0) is 39.8 Å². The Morgan fingerprint density at radius 1 is 1.21 bits per heavy atom. The number of rotatable bonds is 3. The third-order valence-corrected chi connectivity index (χ3v) is 2.55. The highest BCUT2D eigenvalue weighted by Gasteiger charge is 2.38. The van der Waals surface area contributed by atoms with Gasteiger partial charge < -0.3 is 14.6 Å². The Morgan fingerprint density at radius 3 is 2.29 bits per heavy atom. The number of aliphatic hydroxyl groups is 1. The summed E-state index contributed by atoms with van der Waals surface area (Å²) in [7, 11) is 0. The zero-order chi connectivity index (χ0) is 10.8. The van der Waals surface area contributed by atoms with Gasteiger partial charge in [0.25, 0.3) is 0 Å². The highest BCUT2D eigenvalue weighted by atomic mass is 16.7. The van der Waals surface area contributed by atoms with E-state index in [1.165, 1.54) is 0 Å². The molecule has 0 bridgehead atoms. The van der Waals surface area contributed by atoms with Gasteiger partial charge in [0.05, 0.1) is 17.5 Å². The van der Waals surface area contributed by atoms with Crippen LogP contribution in [0.2, 0.25) is 0 Å². The summed E-state index contributed by atoms with van der Waals surface area (Å²) in [6, 6.07) is 0. The fraction of sp³-hybridized carbons (Fsp3) is 0.636. The van der Waals surface area contributed by atoms with Gasteiger partial charge in [-0.1, -0.05) is 6.08 Å². The molecule has 3 nitrogen and oxygen atoms in total. The van der Waals surface area contributed by atoms with Crippen LogP contribution in [0.25, 0.3) is 0 Å².